The van der Waals surface area contributed by atoms with Crippen molar-refractivity contribution in [1.29, 1.82) is 0 Å². The number of anilines is 1. The van der Waals surface area contributed by atoms with E-state index in [1.807, 2.05) is 29.7 Å². The zero-order valence-corrected chi connectivity index (χ0v) is 23.0. The van der Waals surface area contributed by atoms with Gasteiger partial charge in [-0.1, -0.05) is 37.0 Å². The topological polar surface area (TPSA) is 104 Å². The number of carbonyl (C=O) groups excluding carboxylic acids is 1. The number of aromatic nitrogens is 4. The van der Waals surface area contributed by atoms with Crippen LogP contribution in [-0.2, 0) is 17.4 Å². The zero-order chi connectivity index (χ0) is 27.2. The summed E-state index contributed by atoms with van der Waals surface area (Å²) >= 11 is 12.1. The first-order chi connectivity index (χ1) is 18.1. The number of halogens is 2. The Bertz CT molecular complexity index is 1370. The van der Waals surface area contributed by atoms with Gasteiger partial charge in [-0.15, -0.1) is 0 Å². The van der Waals surface area contributed by atoms with Gasteiger partial charge in [0.15, 0.2) is 0 Å². The SMILES string of the molecule is C[C@@H]1CN(C(=O)[C@@H]2CN(c3ccc(=O)n(C)n3)C[C@H]2c2ccc(Cl)cn2)C[C@H](C)[C@@]1(O)c1ccc(Cl)cn1. The number of rotatable bonds is 4. The molecular formula is C27H30Cl2N6O3. The molecule has 200 valence electrons. The first-order valence-electron chi connectivity index (χ1n) is 12.6. The molecular weight excluding hydrogens is 527 g/mol. The van der Waals surface area contributed by atoms with Crippen LogP contribution in [0.1, 0.15) is 31.2 Å². The molecule has 3 aromatic rings. The van der Waals surface area contributed by atoms with Gasteiger partial charge < -0.3 is 14.9 Å². The molecule has 5 rings (SSSR count). The van der Waals surface area contributed by atoms with Crippen molar-refractivity contribution in [1.82, 2.24) is 24.6 Å². The van der Waals surface area contributed by atoms with Crippen LogP contribution >= 0.6 is 23.2 Å². The van der Waals surface area contributed by atoms with Crippen LogP contribution in [0.2, 0.25) is 10.0 Å². The second kappa shape index (κ2) is 10.3. The van der Waals surface area contributed by atoms with Gasteiger partial charge in [0.1, 0.15) is 11.4 Å². The number of amides is 1. The summed E-state index contributed by atoms with van der Waals surface area (Å²) in [7, 11) is 1.61. The number of pyridine rings is 2. The van der Waals surface area contributed by atoms with E-state index in [4.69, 9.17) is 23.2 Å². The van der Waals surface area contributed by atoms with E-state index >= 15 is 0 Å². The number of hydrogen-bond donors (Lipinski definition) is 1. The monoisotopic (exact) mass is 556 g/mol. The number of likely N-dealkylation sites (tertiary alicyclic amines) is 1. The summed E-state index contributed by atoms with van der Waals surface area (Å²) in [5, 5.41) is 17.2. The summed E-state index contributed by atoms with van der Waals surface area (Å²) in [4.78, 5) is 38.8. The summed E-state index contributed by atoms with van der Waals surface area (Å²) in [5.41, 5.74) is -0.0422. The van der Waals surface area contributed by atoms with Crippen LogP contribution in [-0.4, -0.2) is 61.8 Å². The third-order valence-electron chi connectivity index (χ3n) is 7.98. The van der Waals surface area contributed by atoms with Crippen molar-refractivity contribution in [2.45, 2.75) is 25.4 Å². The zero-order valence-electron chi connectivity index (χ0n) is 21.5. The predicted molar refractivity (Wildman–Crippen MR) is 145 cm³/mol. The molecule has 5 atom stereocenters. The van der Waals surface area contributed by atoms with Gasteiger partial charge in [-0.05, 0) is 30.3 Å². The number of nitrogens with zero attached hydrogens (tertiary/aromatic N) is 6. The third kappa shape index (κ3) is 4.79. The lowest BCUT2D eigenvalue weighted by molar-refractivity contribution is -0.153. The molecule has 0 aromatic carbocycles. The Morgan fingerprint density at radius 1 is 0.947 bits per heavy atom. The summed E-state index contributed by atoms with van der Waals surface area (Å²) < 4.78 is 1.29. The van der Waals surface area contributed by atoms with Crippen molar-refractivity contribution in [3.05, 3.63) is 80.6 Å². The Hall–Kier alpha value is -3.01. The van der Waals surface area contributed by atoms with Gasteiger partial charge >= 0.3 is 0 Å². The Morgan fingerprint density at radius 3 is 2.18 bits per heavy atom. The molecule has 1 amide bonds. The highest BCUT2D eigenvalue weighted by Crippen LogP contribution is 2.42. The average molecular weight is 557 g/mol. The molecule has 2 fully saturated rings. The smallest absolute Gasteiger partial charge is 0.266 e. The molecule has 0 unspecified atom stereocenters. The van der Waals surface area contributed by atoms with Crippen LogP contribution in [0.25, 0.3) is 0 Å². The van der Waals surface area contributed by atoms with Gasteiger partial charge in [0.25, 0.3) is 5.56 Å². The number of aliphatic hydroxyl groups is 1. The van der Waals surface area contributed by atoms with Crippen LogP contribution in [0.4, 0.5) is 5.82 Å². The molecule has 0 radical (unpaired) electrons. The summed E-state index contributed by atoms with van der Waals surface area (Å²) in [6.45, 7) is 5.62. The molecule has 5 heterocycles. The standard InChI is InChI=1S/C27H30Cl2N6O3/c1-16-12-35(13-17(2)27(16,38)23-7-5-19(29)11-31-23)26(37)21-15-34(24-8-9-25(36)33(3)32-24)14-20(21)22-6-4-18(28)10-30-22/h4-11,16-17,20-21,38H,12-15H2,1-3H3/t16-,17+,20-,21-,27-/m1/s1. The fourth-order valence-electron chi connectivity index (χ4n) is 5.84. The van der Waals surface area contributed by atoms with Crippen LogP contribution < -0.4 is 10.5 Å². The Kier molecular flexibility index (Phi) is 7.19. The minimum Gasteiger partial charge on any atom is -0.383 e. The molecule has 2 saturated heterocycles. The molecule has 9 nitrogen and oxygen atoms in total. The molecule has 38 heavy (non-hydrogen) atoms. The Balaban J connectivity index is 1.42. The van der Waals surface area contributed by atoms with E-state index in [0.29, 0.717) is 47.7 Å². The van der Waals surface area contributed by atoms with Gasteiger partial charge in [-0.2, -0.15) is 5.10 Å². The number of aryl methyl sites for hydroxylation is 1. The van der Waals surface area contributed by atoms with Crippen molar-refractivity contribution in [2.75, 3.05) is 31.1 Å². The van der Waals surface area contributed by atoms with Crippen LogP contribution in [0.3, 0.4) is 0 Å². The molecule has 2 aliphatic heterocycles. The fraction of sp³-hybridized carbons (Fsp3) is 0.444. The molecule has 3 aromatic heterocycles. The normalized spacial score (nSPS) is 27.5. The van der Waals surface area contributed by atoms with Crippen molar-refractivity contribution in [3.63, 3.8) is 0 Å². The van der Waals surface area contributed by atoms with Crippen molar-refractivity contribution < 1.29 is 9.90 Å². The minimum absolute atomic E-state index is 0.00360. The average Bonchev–Trinajstić information content (AvgIpc) is 3.34. The second-order valence-corrected chi connectivity index (χ2v) is 11.3. The van der Waals surface area contributed by atoms with Crippen LogP contribution in [0.5, 0.6) is 0 Å². The summed E-state index contributed by atoms with van der Waals surface area (Å²) in [6.07, 6.45) is 3.13. The van der Waals surface area contributed by atoms with E-state index in [2.05, 4.69) is 15.1 Å². The summed E-state index contributed by atoms with van der Waals surface area (Å²) in [6, 6.07) is 10.3. The fourth-order valence-corrected chi connectivity index (χ4v) is 6.06. The maximum Gasteiger partial charge on any atom is 0.266 e. The number of piperidine rings is 1. The van der Waals surface area contributed by atoms with E-state index in [-0.39, 0.29) is 35.1 Å². The number of carbonyl (C=O) groups is 1. The van der Waals surface area contributed by atoms with Gasteiger partial charge in [-0.25, -0.2) is 4.68 Å². The molecule has 2 aliphatic rings. The highest BCUT2D eigenvalue weighted by molar-refractivity contribution is 6.30. The maximum atomic E-state index is 14.1. The quantitative estimate of drug-likeness (QED) is 0.526. The highest BCUT2D eigenvalue weighted by Gasteiger charge is 2.50. The molecule has 0 bridgehead atoms. The van der Waals surface area contributed by atoms with Crippen molar-refractivity contribution in [2.24, 2.45) is 24.8 Å². The van der Waals surface area contributed by atoms with E-state index in [0.717, 1.165) is 5.69 Å². The maximum absolute atomic E-state index is 14.1. The highest BCUT2D eigenvalue weighted by atomic mass is 35.5. The largest absolute Gasteiger partial charge is 0.383 e. The first kappa shape index (κ1) is 26.6. The lowest BCUT2D eigenvalue weighted by atomic mass is 9.72. The van der Waals surface area contributed by atoms with E-state index in [1.54, 1.807) is 37.5 Å². The minimum atomic E-state index is -1.18. The molecule has 0 saturated carbocycles. The predicted octanol–water partition coefficient (Wildman–Crippen LogP) is 3.10. The van der Waals surface area contributed by atoms with Gasteiger partial charge in [0, 0.05) is 75.1 Å². The van der Waals surface area contributed by atoms with E-state index < -0.39 is 5.60 Å². The van der Waals surface area contributed by atoms with Crippen molar-refractivity contribution >= 4 is 34.9 Å². The molecule has 0 aliphatic carbocycles. The Morgan fingerprint density at radius 2 is 1.61 bits per heavy atom. The van der Waals surface area contributed by atoms with E-state index in [1.165, 1.54) is 16.9 Å². The molecule has 1 N–H and O–H groups in total. The van der Waals surface area contributed by atoms with Crippen molar-refractivity contribution in [3.8, 4) is 0 Å². The van der Waals surface area contributed by atoms with Gasteiger partial charge in [0.05, 0.1) is 21.7 Å². The van der Waals surface area contributed by atoms with Crippen LogP contribution in [0.15, 0.2) is 53.6 Å². The van der Waals surface area contributed by atoms with Gasteiger partial charge in [0.2, 0.25) is 5.91 Å². The lowest BCUT2D eigenvalue weighted by Gasteiger charge is -2.48. The molecule has 0 spiro atoms. The first-order valence-corrected chi connectivity index (χ1v) is 13.4. The van der Waals surface area contributed by atoms with Gasteiger partial charge in [-0.3, -0.25) is 19.6 Å². The third-order valence-corrected chi connectivity index (χ3v) is 8.43. The van der Waals surface area contributed by atoms with E-state index in [9.17, 15) is 14.7 Å². The lowest BCUT2D eigenvalue weighted by Crippen LogP contribution is -2.57. The van der Waals surface area contributed by atoms with Crippen LogP contribution in [0, 0.1) is 17.8 Å². The second-order valence-electron chi connectivity index (χ2n) is 10.4. The molecule has 11 heteroatoms. The number of hydrogen-bond acceptors (Lipinski definition) is 7. The summed E-state index contributed by atoms with van der Waals surface area (Å²) in [5.74, 6) is -0.448. The Labute approximate surface area is 231 Å².